The van der Waals surface area contributed by atoms with E-state index >= 15 is 0 Å². The first-order chi connectivity index (χ1) is 11.0. The number of halogens is 1. The lowest BCUT2D eigenvalue weighted by molar-refractivity contribution is 0.102. The Morgan fingerprint density at radius 1 is 1.26 bits per heavy atom. The zero-order valence-electron chi connectivity index (χ0n) is 13.4. The van der Waals surface area contributed by atoms with Crippen LogP contribution in [0.1, 0.15) is 34.2 Å². The summed E-state index contributed by atoms with van der Waals surface area (Å²) in [7, 11) is 0. The number of carbonyl (C=O) groups excluding carboxylic acids is 1. The van der Waals surface area contributed by atoms with E-state index < -0.39 is 0 Å². The van der Waals surface area contributed by atoms with Gasteiger partial charge in [-0.2, -0.15) is 0 Å². The molecule has 1 amide bonds. The number of hydrogen-bond acceptors (Lipinski definition) is 2. The van der Waals surface area contributed by atoms with Crippen LogP contribution < -0.4 is 5.32 Å². The van der Waals surface area contributed by atoms with Gasteiger partial charge >= 0.3 is 0 Å². The van der Waals surface area contributed by atoms with E-state index in [2.05, 4.69) is 17.2 Å². The molecule has 3 aromatic rings. The van der Waals surface area contributed by atoms with E-state index in [4.69, 9.17) is 11.6 Å². The third-order valence-electron chi connectivity index (χ3n) is 3.95. The van der Waals surface area contributed by atoms with Gasteiger partial charge < -0.3 is 5.32 Å². The van der Waals surface area contributed by atoms with Crippen molar-refractivity contribution in [3.05, 3.63) is 64.1 Å². The summed E-state index contributed by atoms with van der Waals surface area (Å²) in [6, 6.07) is 9.59. The molecule has 0 saturated heterocycles. The molecule has 0 saturated carbocycles. The smallest absolute Gasteiger partial charge is 0.274 e. The van der Waals surface area contributed by atoms with Crippen molar-refractivity contribution in [1.82, 2.24) is 9.38 Å². The molecule has 1 aromatic carbocycles. The number of carbonyl (C=O) groups is 1. The number of pyridine rings is 1. The number of imidazole rings is 1. The molecule has 1 N–H and O–H groups in total. The van der Waals surface area contributed by atoms with Crippen LogP contribution in [-0.4, -0.2) is 15.3 Å². The number of fused-ring (bicyclic) bond motifs is 1. The van der Waals surface area contributed by atoms with Crippen LogP contribution in [0.15, 0.2) is 36.5 Å². The van der Waals surface area contributed by atoms with Gasteiger partial charge in [-0.05, 0) is 43.5 Å². The number of nitrogens with one attached hydrogen (secondary N) is 1. The summed E-state index contributed by atoms with van der Waals surface area (Å²) in [5.74, 6) is -0.179. The van der Waals surface area contributed by atoms with Gasteiger partial charge in [-0.3, -0.25) is 9.20 Å². The van der Waals surface area contributed by atoms with Gasteiger partial charge in [0.25, 0.3) is 5.91 Å². The van der Waals surface area contributed by atoms with Gasteiger partial charge in [-0.15, -0.1) is 0 Å². The van der Waals surface area contributed by atoms with Crippen LogP contribution in [0.4, 0.5) is 5.69 Å². The summed E-state index contributed by atoms with van der Waals surface area (Å²) in [4.78, 5) is 17.3. The molecule has 0 aliphatic rings. The Hall–Kier alpha value is -2.33. The molecule has 0 radical (unpaired) electrons. The SMILES string of the molecule is CCc1cccc(C)c1NC(=O)c1c(C)nc2ccc(Cl)cn12. The fourth-order valence-electron chi connectivity index (χ4n) is 2.78. The molecule has 5 heteroatoms. The van der Waals surface area contributed by atoms with Gasteiger partial charge in [-0.25, -0.2) is 4.98 Å². The molecule has 2 heterocycles. The number of para-hydroxylation sites is 1. The Morgan fingerprint density at radius 3 is 2.78 bits per heavy atom. The third kappa shape index (κ3) is 2.82. The Kier molecular flexibility index (Phi) is 4.09. The number of amides is 1. The molecule has 0 unspecified atom stereocenters. The highest BCUT2D eigenvalue weighted by atomic mass is 35.5. The number of rotatable bonds is 3. The zero-order chi connectivity index (χ0) is 16.6. The lowest BCUT2D eigenvalue weighted by Gasteiger charge is -2.13. The van der Waals surface area contributed by atoms with Crippen molar-refractivity contribution in [2.45, 2.75) is 27.2 Å². The lowest BCUT2D eigenvalue weighted by atomic mass is 10.1. The van der Waals surface area contributed by atoms with Crippen molar-refractivity contribution in [2.75, 3.05) is 5.32 Å². The van der Waals surface area contributed by atoms with Crippen molar-refractivity contribution in [1.29, 1.82) is 0 Å². The van der Waals surface area contributed by atoms with Crippen LogP contribution >= 0.6 is 11.6 Å². The molecule has 3 rings (SSSR count). The molecule has 2 aromatic heterocycles. The van der Waals surface area contributed by atoms with E-state index in [1.807, 2.05) is 32.0 Å². The zero-order valence-corrected chi connectivity index (χ0v) is 14.1. The second-order valence-corrected chi connectivity index (χ2v) is 5.97. The molecule has 0 spiro atoms. The van der Waals surface area contributed by atoms with E-state index in [0.717, 1.165) is 23.2 Å². The Labute approximate surface area is 140 Å². The summed E-state index contributed by atoms with van der Waals surface area (Å²) in [5, 5.41) is 3.61. The minimum Gasteiger partial charge on any atom is -0.320 e. The average molecular weight is 328 g/mol. The summed E-state index contributed by atoms with van der Waals surface area (Å²) < 4.78 is 1.73. The molecular weight excluding hydrogens is 310 g/mol. The first kappa shape index (κ1) is 15.6. The van der Waals surface area contributed by atoms with Gasteiger partial charge in [0.05, 0.1) is 10.7 Å². The fourth-order valence-corrected chi connectivity index (χ4v) is 2.95. The predicted molar refractivity (Wildman–Crippen MR) is 93.4 cm³/mol. The van der Waals surface area contributed by atoms with Gasteiger partial charge in [-0.1, -0.05) is 36.7 Å². The normalized spacial score (nSPS) is 11.0. The molecule has 0 atom stereocenters. The number of benzene rings is 1. The van der Waals surface area contributed by atoms with Crippen LogP contribution in [0, 0.1) is 13.8 Å². The van der Waals surface area contributed by atoms with Crippen molar-refractivity contribution < 1.29 is 4.79 Å². The molecule has 118 valence electrons. The summed E-state index contributed by atoms with van der Waals surface area (Å²) in [6.45, 7) is 5.89. The highest BCUT2D eigenvalue weighted by Gasteiger charge is 2.18. The summed E-state index contributed by atoms with van der Waals surface area (Å²) in [5.41, 5.74) is 4.92. The van der Waals surface area contributed by atoms with Crippen LogP contribution in [0.3, 0.4) is 0 Å². The van der Waals surface area contributed by atoms with Gasteiger partial charge in [0, 0.05) is 11.9 Å². The number of nitrogens with zero attached hydrogens (tertiary/aromatic N) is 2. The number of aromatic nitrogens is 2. The van der Waals surface area contributed by atoms with Crippen LogP contribution in [0.5, 0.6) is 0 Å². The van der Waals surface area contributed by atoms with E-state index in [1.165, 1.54) is 0 Å². The molecular formula is C18H18ClN3O. The maximum atomic E-state index is 12.8. The highest BCUT2D eigenvalue weighted by molar-refractivity contribution is 6.30. The minimum absolute atomic E-state index is 0.179. The van der Waals surface area contributed by atoms with Gasteiger partial charge in [0.15, 0.2) is 0 Å². The van der Waals surface area contributed by atoms with Crippen molar-refractivity contribution in [2.24, 2.45) is 0 Å². The molecule has 0 aliphatic carbocycles. The maximum absolute atomic E-state index is 12.8. The molecule has 23 heavy (non-hydrogen) atoms. The summed E-state index contributed by atoms with van der Waals surface area (Å²) in [6.07, 6.45) is 2.57. The van der Waals surface area contributed by atoms with Crippen molar-refractivity contribution in [3.8, 4) is 0 Å². The molecule has 0 bridgehead atoms. The second kappa shape index (κ2) is 6.05. The number of aryl methyl sites for hydroxylation is 3. The Bertz CT molecular complexity index is 899. The lowest BCUT2D eigenvalue weighted by Crippen LogP contribution is -2.17. The molecule has 0 aliphatic heterocycles. The first-order valence-corrected chi connectivity index (χ1v) is 7.93. The maximum Gasteiger partial charge on any atom is 0.274 e. The van der Waals surface area contributed by atoms with Gasteiger partial charge in [0.1, 0.15) is 11.3 Å². The van der Waals surface area contributed by atoms with Crippen LogP contribution in [0.25, 0.3) is 5.65 Å². The van der Waals surface area contributed by atoms with Crippen LogP contribution in [-0.2, 0) is 6.42 Å². The van der Waals surface area contributed by atoms with E-state index in [-0.39, 0.29) is 5.91 Å². The third-order valence-corrected chi connectivity index (χ3v) is 4.17. The number of anilines is 1. The quantitative estimate of drug-likeness (QED) is 0.774. The largest absolute Gasteiger partial charge is 0.320 e. The Morgan fingerprint density at radius 2 is 2.04 bits per heavy atom. The highest BCUT2D eigenvalue weighted by Crippen LogP contribution is 2.23. The van der Waals surface area contributed by atoms with Crippen LogP contribution in [0.2, 0.25) is 5.02 Å². The van der Waals surface area contributed by atoms with E-state index in [0.29, 0.717) is 22.1 Å². The monoisotopic (exact) mass is 327 g/mol. The minimum atomic E-state index is -0.179. The van der Waals surface area contributed by atoms with E-state index in [9.17, 15) is 4.79 Å². The average Bonchev–Trinajstić information content (AvgIpc) is 2.84. The fraction of sp³-hybridized carbons (Fsp3) is 0.222. The standard InChI is InChI=1S/C18H18ClN3O/c1-4-13-7-5-6-11(2)16(13)21-18(23)17-12(3)20-15-9-8-14(19)10-22(15)17/h5-10H,4H2,1-3H3,(H,21,23). The van der Waals surface area contributed by atoms with Gasteiger partial charge in [0.2, 0.25) is 0 Å². The second-order valence-electron chi connectivity index (χ2n) is 5.54. The van der Waals surface area contributed by atoms with Crippen molar-refractivity contribution >= 4 is 28.8 Å². The van der Waals surface area contributed by atoms with E-state index in [1.54, 1.807) is 22.7 Å². The Balaban J connectivity index is 2.05. The summed E-state index contributed by atoms with van der Waals surface area (Å²) >= 11 is 6.06. The predicted octanol–water partition coefficient (Wildman–Crippen LogP) is 4.42. The first-order valence-electron chi connectivity index (χ1n) is 7.55. The molecule has 4 nitrogen and oxygen atoms in total. The van der Waals surface area contributed by atoms with Crippen molar-refractivity contribution in [3.63, 3.8) is 0 Å². The number of hydrogen-bond donors (Lipinski definition) is 1. The molecule has 0 fully saturated rings. The topological polar surface area (TPSA) is 46.4 Å².